The van der Waals surface area contributed by atoms with Crippen LogP contribution in [-0.2, 0) is 0 Å². The van der Waals surface area contributed by atoms with Gasteiger partial charge in [-0.05, 0) is 30.4 Å². The SMILES string of the molecule is N#CN1CCC(c2ccccc2OC(F)(F)F)CC1. The van der Waals surface area contributed by atoms with Crippen molar-refractivity contribution in [1.29, 1.82) is 5.26 Å². The summed E-state index contributed by atoms with van der Waals surface area (Å²) in [5.41, 5.74) is 0.567. The van der Waals surface area contributed by atoms with Crippen LogP contribution in [0.3, 0.4) is 0 Å². The second-order valence-electron chi connectivity index (χ2n) is 4.45. The van der Waals surface area contributed by atoms with Crippen LogP contribution in [0.2, 0.25) is 0 Å². The van der Waals surface area contributed by atoms with Crippen molar-refractivity contribution in [3.8, 4) is 11.9 Å². The monoisotopic (exact) mass is 270 g/mol. The number of ether oxygens (including phenoxy) is 1. The highest BCUT2D eigenvalue weighted by Gasteiger charge is 2.33. The fourth-order valence-electron chi connectivity index (χ4n) is 2.33. The lowest BCUT2D eigenvalue weighted by Gasteiger charge is -2.29. The predicted octanol–water partition coefficient (Wildman–Crippen LogP) is 3.25. The molecule has 0 amide bonds. The molecule has 0 radical (unpaired) electrons. The van der Waals surface area contributed by atoms with Crippen LogP contribution in [0, 0.1) is 11.5 Å². The summed E-state index contributed by atoms with van der Waals surface area (Å²) in [5, 5.41) is 8.76. The van der Waals surface area contributed by atoms with Gasteiger partial charge < -0.3 is 9.64 Å². The predicted molar refractivity (Wildman–Crippen MR) is 62.3 cm³/mol. The molecule has 1 aliphatic rings. The Bertz CT molecular complexity index is 474. The van der Waals surface area contributed by atoms with Crippen molar-refractivity contribution in [2.24, 2.45) is 0 Å². The molecule has 0 N–H and O–H groups in total. The standard InChI is InChI=1S/C13H13F3N2O/c14-13(15,16)19-12-4-2-1-3-11(12)10-5-7-18(9-17)8-6-10/h1-4,10H,5-8H2. The van der Waals surface area contributed by atoms with E-state index in [4.69, 9.17) is 5.26 Å². The normalized spacial score (nSPS) is 17.1. The van der Waals surface area contributed by atoms with E-state index in [0.717, 1.165) is 0 Å². The lowest BCUT2D eigenvalue weighted by atomic mass is 9.89. The average Bonchev–Trinajstić information content (AvgIpc) is 2.38. The minimum absolute atomic E-state index is 0.00292. The van der Waals surface area contributed by atoms with Crippen LogP contribution in [0.25, 0.3) is 0 Å². The number of rotatable bonds is 2. The first-order valence-corrected chi connectivity index (χ1v) is 5.99. The number of halogens is 3. The zero-order chi connectivity index (χ0) is 13.9. The van der Waals surface area contributed by atoms with Crippen molar-refractivity contribution in [1.82, 2.24) is 4.90 Å². The minimum atomic E-state index is -4.68. The molecule has 102 valence electrons. The number of nitrogens with zero attached hydrogens (tertiary/aromatic N) is 2. The van der Waals surface area contributed by atoms with E-state index in [2.05, 4.69) is 10.9 Å². The molecule has 1 aromatic rings. The zero-order valence-electron chi connectivity index (χ0n) is 10.2. The van der Waals surface area contributed by atoms with Gasteiger partial charge in [-0.3, -0.25) is 0 Å². The van der Waals surface area contributed by atoms with E-state index in [-0.39, 0.29) is 11.7 Å². The molecule has 19 heavy (non-hydrogen) atoms. The topological polar surface area (TPSA) is 36.3 Å². The van der Waals surface area contributed by atoms with Crippen LogP contribution in [0.5, 0.6) is 5.75 Å². The molecule has 0 bridgehead atoms. The molecule has 1 fully saturated rings. The summed E-state index contributed by atoms with van der Waals surface area (Å²) in [6.07, 6.45) is -1.31. The van der Waals surface area contributed by atoms with Crippen LogP contribution >= 0.6 is 0 Å². The summed E-state index contributed by atoms with van der Waals surface area (Å²) < 4.78 is 41.1. The fraction of sp³-hybridized carbons (Fsp3) is 0.462. The Balaban J connectivity index is 2.15. The van der Waals surface area contributed by atoms with Gasteiger partial charge in [0.2, 0.25) is 0 Å². The minimum Gasteiger partial charge on any atom is -0.405 e. The summed E-state index contributed by atoms with van der Waals surface area (Å²) in [6.45, 7) is 1.14. The van der Waals surface area contributed by atoms with E-state index in [1.165, 1.54) is 12.1 Å². The molecule has 0 aliphatic carbocycles. The Morgan fingerprint density at radius 3 is 2.42 bits per heavy atom. The highest BCUT2D eigenvalue weighted by molar-refractivity contribution is 5.36. The first-order chi connectivity index (χ1) is 8.99. The first kappa shape index (κ1) is 13.5. The number of alkyl halides is 3. The second kappa shape index (κ2) is 5.39. The number of para-hydroxylation sites is 1. The van der Waals surface area contributed by atoms with Gasteiger partial charge in [-0.25, -0.2) is 0 Å². The second-order valence-corrected chi connectivity index (χ2v) is 4.45. The molecule has 1 aliphatic heterocycles. The van der Waals surface area contributed by atoms with Crippen LogP contribution in [0.4, 0.5) is 13.2 Å². The van der Waals surface area contributed by atoms with Gasteiger partial charge in [0, 0.05) is 13.1 Å². The molecule has 1 aromatic carbocycles. The van der Waals surface area contributed by atoms with E-state index in [1.807, 2.05) is 0 Å². The van der Waals surface area contributed by atoms with E-state index < -0.39 is 6.36 Å². The van der Waals surface area contributed by atoms with Gasteiger partial charge in [0.1, 0.15) is 5.75 Å². The Kier molecular flexibility index (Phi) is 3.84. The van der Waals surface area contributed by atoms with Gasteiger partial charge in [0.25, 0.3) is 0 Å². The molecule has 0 spiro atoms. The molecule has 1 heterocycles. The first-order valence-electron chi connectivity index (χ1n) is 5.99. The number of benzene rings is 1. The van der Waals surface area contributed by atoms with Gasteiger partial charge in [-0.1, -0.05) is 18.2 Å². The molecule has 0 saturated carbocycles. The van der Waals surface area contributed by atoms with E-state index in [0.29, 0.717) is 31.5 Å². The van der Waals surface area contributed by atoms with E-state index >= 15 is 0 Å². The van der Waals surface area contributed by atoms with Crippen LogP contribution in [0.1, 0.15) is 24.3 Å². The maximum absolute atomic E-state index is 12.3. The van der Waals surface area contributed by atoms with Crippen LogP contribution in [-0.4, -0.2) is 24.4 Å². The summed E-state index contributed by atoms with van der Waals surface area (Å²) >= 11 is 0. The van der Waals surface area contributed by atoms with Gasteiger partial charge in [0.05, 0.1) is 0 Å². The molecule has 1 saturated heterocycles. The largest absolute Gasteiger partial charge is 0.573 e. The third-order valence-electron chi connectivity index (χ3n) is 3.22. The van der Waals surface area contributed by atoms with Crippen molar-refractivity contribution < 1.29 is 17.9 Å². The highest BCUT2D eigenvalue weighted by atomic mass is 19.4. The number of piperidine rings is 1. The number of nitriles is 1. The Morgan fingerprint density at radius 2 is 1.84 bits per heavy atom. The number of hydrogen-bond donors (Lipinski definition) is 0. The van der Waals surface area contributed by atoms with Crippen LogP contribution < -0.4 is 4.74 Å². The van der Waals surface area contributed by atoms with Gasteiger partial charge in [0.15, 0.2) is 6.19 Å². The molecular formula is C13H13F3N2O. The fourth-order valence-corrected chi connectivity index (χ4v) is 2.33. The average molecular weight is 270 g/mol. The van der Waals surface area contributed by atoms with Crippen molar-refractivity contribution in [3.63, 3.8) is 0 Å². The van der Waals surface area contributed by atoms with Crippen molar-refractivity contribution in [2.45, 2.75) is 25.1 Å². The quantitative estimate of drug-likeness (QED) is 0.774. The molecular weight excluding hydrogens is 257 g/mol. The Labute approximate surface area is 109 Å². The van der Waals surface area contributed by atoms with Crippen molar-refractivity contribution >= 4 is 0 Å². The zero-order valence-corrected chi connectivity index (χ0v) is 10.2. The molecule has 0 atom stereocenters. The molecule has 6 heteroatoms. The maximum atomic E-state index is 12.3. The summed E-state index contributed by atoms with van der Waals surface area (Å²) in [5.74, 6) is -0.131. The van der Waals surface area contributed by atoms with E-state index in [1.54, 1.807) is 17.0 Å². The molecule has 0 unspecified atom stereocenters. The van der Waals surface area contributed by atoms with E-state index in [9.17, 15) is 13.2 Å². The summed E-state index contributed by atoms with van der Waals surface area (Å²) in [6, 6.07) is 6.22. The molecule has 3 nitrogen and oxygen atoms in total. The van der Waals surface area contributed by atoms with Gasteiger partial charge in [-0.15, -0.1) is 13.2 Å². The third-order valence-corrected chi connectivity index (χ3v) is 3.22. The smallest absolute Gasteiger partial charge is 0.405 e. The Hall–Kier alpha value is -1.90. The van der Waals surface area contributed by atoms with Crippen molar-refractivity contribution in [2.75, 3.05) is 13.1 Å². The third kappa shape index (κ3) is 3.53. The van der Waals surface area contributed by atoms with Crippen LogP contribution in [0.15, 0.2) is 24.3 Å². The van der Waals surface area contributed by atoms with Crippen molar-refractivity contribution in [3.05, 3.63) is 29.8 Å². The summed E-state index contributed by atoms with van der Waals surface area (Å²) in [7, 11) is 0. The summed E-state index contributed by atoms with van der Waals surface area (Å²) in [4.78, 5) is 1.61. The van der Waals surface area contributed by atoms with Gasteiger partial charge in [-0.2, -0.15) is 5.26 Å². The number of hydrogen-bond acceptors (Lipinski definition) is 3. The highest BCUT2D eigenvalue weighted by Crippen LogP contribution is 2.36. The Morgan fingerprint density at radius 1 is 1.21 bits per heavy atom. The van der Waals surface area contributed by atoms with Gasteiger partial charge >= 0.3 is 6.36 Å². The lowest BCUT2D eigenvalue weighted by molar-refractivity contribution is -0.275. The number of likely N-dealkylation sites (tertiary alicyclic amines) is 1. The maximum Gasteiger partial charge on any atom is 0.573 e. The lowest BCUT2D eigenvalue weighted by Crippen LogP contribution is -2.29. The molecule has 0 aromatic heterocycles. The molecule has 2 rings (SSSR count).